The summed E-state index contributed by atoms with van der Waals surface area (Å²) >= 11 is 0. The molecule has 0 saturated heterocycles. The normalized spacial score (nSPS) is 10.0. The first-order chi connectivity index (χ1) is 12.4. The van der Waals surface area contributed by atoms with Crippen LogP contribution in [0.1, 0.15) is 1.43 Å². The van der Waals surface area contributed by atoms with Crippen molar-refractivity contribution in [1.29, 1.82) is 0 Å². The molecule has 0 aliphatic heterocycles. The largest absolute Gasteiger partial charge is 1.00 e. The molecular weight excluding hydrogens is 343 g/mol. The van der Waals surface area contributed by atoms with Crippen molar-refractivity contribution in [2.75, 3.05) is 0 Å². The van der Waals surface area contributed by atoms with Crippen LogP contribution in [0.5, 0.6) is 11.5 Å². The summed E-state index contributed by atoms with van der Waals surface area (Å²) in [5.74, 6) is 1.72. The SMILES string of the molecule is [H-].[K+].c1ccc(-c2ccccc2Oc2ccccc2-c2ccccc2)cc1. The first-order valence-corrected chi connectivity index (χ1v) is 8.38. The van der Waals surface area contributed by atoms with E-state index in [1.807, 2.05) is 72.8 Å². The topological polar surface area (TPSA) is 9.23 Å². The molecule has 0 spiro atoms. The summed E-state index contributed by atoms with van der Waals surface area (Å²) in [7, 11) is 0. The van der Waals surface area contributed by atoms with Gasteiger partial charge in [0.25, 0.3) is 0 Å². The van der Waals surface area contributed by atoms with Gasteiger partial charge in [0.15, 0.2) is 0 Å². The summed E-state index contributed by atoms with van der Waals surface area (Å²) in [6, 6.07) is 37.0. The van der Waals surface area contributed by atoms with Crippen LogP contribution in [0.25, 0.3) is 22.3 Å². The van der Waals surface area contributed by atoms with Gasteiger partial charge < -0.3 is 6.16 Å². The standard InChI is InChI=1S/C24H18O.K.H/c1-3-11-19(12-4-1)21-15-7-9-17-23(21)25-24-18-10-8-16-22(24)20-13-5-2-6-14-20;;/h1-18H;;/q;+1;-1. The second-order valence-corrected chi connectivity index (χ2v) is 5.83. The third kappa shape index (κ3) is 4.34. The van der Waals surface area contributed by atoms with Crippen LogP contribution in [0.3, 0.4) is 0 Å². The van der Waals surface area contributed by atoms with Gasteiger partial charge in [-0.05, 0) is 23.3 Å². The van der Waals surface area contributed by atoms with Crippen molar-refractivity contribution in [2.45, 2.75) is 0 Å². The Morgan fingerprint density at radius 1 is 0.423 bits per heavy atom. The van der Waals surface area contributed by atoms with Crippen LogP contribution in [-0.2, 0) is 0 Å². The van der Waals surface area contributed by atoms with Crippen molar-refractivity contribution in [3.8, 4) is 33.8 Å². The number of hydrogen-bond donors (Lipinski definition) is 0. The number of ether oxygens (including phenoxy) is 1. The van der Waals surface area contributed by atoms with Gasteiger partial charge >= 0.3 is 51.4 Å². The molecule has 4 rings (SSSR count). The fraction of sp³-hybridized carbons (Fsp3) is 0. The van der Waals surface area contributed by atoms with E-state index in [0.717, 1.165) is 33.8 Å². The Labute approximate surface area is 198 Å². The van der Waals surface area contributed by atoms with Crippen molar-refractivity contribution in [3.05, 3.63) is 109 Å². The van der Waals surface area contributed by atoms with E-state index >= 15 is 0 Å². The molecule has 1 nitrogen and oxygen atoms in total. The fourth-order valence-corrected chi connectivity index (χ4v) is 2.94. The second kappa shape index (κ2) is 9.31. The molecule has 0 aromatic heterocycles. The minimum Gasteiger partial charge on any atom is -1.00 e. The van der Waals surface area contributed by atoms with E-state index in [1.165, 1.54) is 0 Å². The fourth-order valence-electron chi connectivity index (χ4n) is 2.94. The van der Waals surface area contributed by atoms with E-state index in [4.69, 9.17) is 4.74 Å². The zero-order valence-corrected chi connectivity index (χ0v) is 17.9. The molecule has 0 aliphatic rings. The average Bonchev–Trinajstić information content (AvgIpc) is 2.70. The molecule has 0 atom stereocenters. The van der Waals surface area contributed by atoms with Crippen LogP contribution >= 0.6 is 0 Å². The van der Waals surface area contributed by atoms with E-state index in [2.05, 4.69) is 36.4 Å². The van der Waals surface area contributed by atoms with E-state index in [1.54, 1.807) is 0 Å². The third-order valence-electron chi connectivity index (χ3n) is 4.16. The molecule has 0 radical (unpaired) electrons. The molecule has 0 fully saturated rings. The second-order valence-electron chi connectivity index (χ2n) is 5.83. The Hall–Kier alpha value is -1.68. The summed E-state index contributed by atoms with van der Waals surface area (Å²) in [6.45, 7) is 0. The summed E-state index contributed by atoms with van der Waals surface area (Å²) in [4.78, 5) is 0. The van der Waals surface area contributed by atoms with Gasteiger partial charge in [-0.2, -0.15) is 0 Å². The molecule has 0 N–H and O–H groups in total. The molecule has 122 valence electrons. The van der Waals surface area contributed by atoms with E-state index < -0.39 is 0 Å². The molecule has 0 saturated carbocycles. The zero-order chi connectivity index (χ0) is 16.9. The smallest absolute Gasteiger partial charge is 1.00 e. The number of rotatable bonds is 4. The molecule has 0 aliphatic carbocycles. The quantitative estimate of drug-likeness (QED) is 0.500. The van der Waals surface area contributed by atoms with Gasteiger partial charge in [-0.25, -0.2) is 0 Å². The summed E-state index contributed by atoms with van der Waals surface area (Å²) in [6.07, 6.45) is 0. The minimum atomic E-state index is 0. The maximum absolute atomic E-state index is 6.35. The minimum absolute atomic E-state index is 0. The van der Waals surface area contributed by atoms with Gasteiger partial charge in [0.1, 0.15) is 11.5 Å². The van der Waals surface area contributed by atoms with Gasteiger partial charge in [-0.15, -0.1) is 0 Å². The van der Waals surface area contributed by atoms with E-state index in [-0.39, 0.29) is 52.8 Å². The summed E-state index contributed by atoms with van der Waals surface area (Å²) in [5.41, 5.74) is 4.47. The predicted octanol–water partition coefficient (Wildman–Crippen LogP) is 3.93. The van der Waals surface area contributed by atoms with E-state index in [0.29, 0.717) is 0 Å². The molecular formula is C24H19KO. The van der Waals surface area contributed by atoms with Gasteiger partial charge in [-0.1, -0.05) is 97.1 Å². The molecule has 26 heavy (non-hydrogen) atoms. The summed E-state index contributed by atoms with van der Waals surface area (Å²) < 4.78 is 6.35. The molecule has 4 aromatic rings. The molecule has 0 bridgehead atoms. The Bertz CT molecular complexity index is 891. The van der Waals surface area contributed by atoms with Crippen LogP contribution in [0.2, 0.25) is 0 Å². The van der Waals surface area contributed by atoms with Gasteiger partial charge in [0.2, 0.25) is 0 Å². The molecule has 4 aromatic carbocycles. The van der Waals surface area contributed by atoms with Crippen molar-refractivity contribution < 1.29 is 57.5 Å². The molecule has 0 heterocycles. The monoisotopic (exact) mass is 362 g/mol. The van der Waals surface area contributed by atoms with Crippen LogP contribution in [-0.4, -0.2) is 0 Å². The average molecular weight is 363 g/mol. The van der Waals surface area contributed by atoms with Crippen molar-refractivity contribution in [1.82, 2.24) is 0 Å². The maximum Gasteiger partial charge on any atom is 1.00 e. The van der Waals surface area contributed by atoms with E-state index in [9.17, 15) is 0 Å². The Balaban J connectivity index is 0.00000131. The first kappa shape index (κ1) is 19.1. The number of hydrogen-bond acceptors (Lipinski definition) is 1. The maximum atomic E-state index is 6.35. The Morgan fingerprint density at radius 3 is 1.19 bits per heavy atom. The van der Waals surface area contributed by atoms with Crippen LogP contribution in [0.4, 0.5) is 0 Å². The Kier molecular flexibility index (Phi) is 6.84. The third-order valence-corrected chi connectivity index (χ3v) is 4.16. The van der Waals surface area contributed by atoms with Crippen molar-refractivity contribution >= 4 is 0 Å². The van der Waals surface area contributed by atoms with Crippen molar-refractivity contribution in [2.24, 2.45) is 0 Å². The van der Waals surface area contributed by atoms with Gasteiger partial charge in [-0.3, -0.25) is 0 Å². The van der Waals surface area contributed by atoms with Crippen LogP contribution in [0.15, 0.2) is 109 Å². The number of benzene rings is 4. The summed E-state index contributed by atoms with van der Waals surface area (Å²) in [5, 5.41) is 0. The van der Waals surface area contributed by atoms with Crippen molar-refractivity contribution in [3.63, 3.8) is 0 Å². The van der Waals surface area contributed by atoms with Gasteiger partial charge in [0.05, 0.1) is 0 Å². The molecule has 2 heteroatoms. The number of para-hydroxylation sites is 2. The first-order valence-electron chi connectivity index (χ1n) is 8.38. The molecule has 0 unspecified atom stereocenters. The van der Waals surface area contributed by atoms with Crippen LogP contribution in [0, 0.1) is 0 Å². The predicted molar refractivity (Wildman–Crippen MR) is 105 cm³/mol. The molecule has 0 amide bonds. The Morgan fingerprint density at radius 2 is 0.769 bits per heavy atom. The zero-order valence-electron chi connectivity index (χ0n) is 15.8. The van der Waals surface area contributed by atoms with Crippen LogP contribution < -0.4 is 56.1 Å². The van der Waals surface area contributed by atoms with Gasteiger partial charge in [0, 0.05) is 11.1 Å².